The summed E-state index contributed by atoms with van der Waals surface area (Å²) in [6.45, 7) is 2.97. The van der Waals surface area contributed by atoms with E-state index in [1.807, 2.05) is 0 Å². The zero-order valence-electron chi connectivity index (χ0n) is 8.11. The number of carbonyl (C=O) groups excluding carboxylic acids is 2. The molecule has 14 heavy (non-hydrogen) atoms. The largest absolute Gasteiger partial charge is 0.448 e. The monoisotopic (exact) mass is 191 g/mol. The third-order valence-corrected chi connectivity index (χ3v) is 1.60. The summed E-state index contributed by atoms with van der Waals surface area (Å²) in [6, 6.07) is 8.52. The molecule has 1 aromatic carbocycles. The number of carbonyl (C=O) groups is 1. The minimum absolute atomic E-state index is 0.427. The first-order chi connectivity index (χ1) is 6.55. The van der Waals surface area contributed by atoms with Crippen molar-refractivity contribution in [3.05, 3.63) is 35.9 Å². The number of hydrogen-bond acceptors (Lipinski definition) is 3. The van der Waals surface area contributed by atoms with Crippen LogP contribution < -0.4 is 0 Å². The van der Waals surface area contributed by atoms with E-state index in [1.165, 1.54) is 13.8 Å². The zero-order chi connectivity index (χ0) is 10.6. The normalized spacial score (nSPS) is 10.7. The van der Waals surface area contributed by atoms with Gasteiger partial charge in [-0.3, -0.25) is 4.79 Å². The molecule has 0 aliphatic carbocycles. The highest BCUT2D eigenvalue weighted by atomic mass is 16.6. The maximum absolute atomic E-state index is 11.4. The summed E-state index contributed by atoms with van der Waals surface area (Å²) in [5, 5.41) is 0. The topological polar surface area (TPSA) is 43.4 Å². The molecule has 3 nitrogen and oxygen atoms in total. The Morgan fingerprint density at radius 2 is 1.86 bits per heavy atom. The molecule has 0 saturated carbocycles. The SMILES string of the molecule is CC(C)([C]=O)OC(=O)c1ccccc1. The Bertz CT molecular complexity index is 328. The third-order valence-electron chi connectivity index (χ3n) is 1.60. The van der Waals surface area contributed by atoms with Crippen LogP contribution in [0.1, 0.15) is 24.2 Å². The Morgan fingerprint density at radius 1 is 1.29 bits per heavy atom. The molecule has 0 spiro atoms. The highest BCUT2D eigenvalue weighted by molar-refractivity contribution is 5.90. The van der Waals surface area contributed by atoms with Gasteiger partial charge in [0.05, 0.1) is 5.56 Å². The van der Waals surface area contributed by atoms with Crippen LogP contribution in [0, 0.1) is 0 Å². The van der Waals surface area contributed by atoms with Gasteiger partial charge in [0.1, 0.15) is 0 Å². The van der Waals surface area contributed by atoms with Crippen molar-refractivity contribution in [1.82, 2.24) is 0 Å². The molecule has 73 valence electrons. The standard InChI is InChI=1S/C11H11O3/c1-11(2,8-12)14-10(13)9-6-4-3-5-7-9/h3-7H,1-2H3. The first-order valence-corrected chi connectivity index (χ1v) is 4.23. The van der Waals surface area contributed by atoms with E-state index in [9.17, 15) is 9.59 Å². The molecule has 1 rings (SSSR count). The van der Waals surface area contributed by atoms with Gasteiger partial charge in [0.25, 0.3) is 0 Å². The van der Waals surface area contributed by atoms with Gasteiger partial charge < -0.3 is 4.74 Å². The summed E-state index contributed by atoms with van der Waals surface area (Å²) < 4.78 is 4.91. The molecule has 0 amide bonds. The molecule has 1 radical (unpaired) electrons. The molecule has 0 heterocycles. The van der Waals surface area contributed by atoms with E-state index in [-0.39, 0.29) is 0 Å². The van der Waals surface area contributed by atoms with Crippen LogP contribution in [-0.4, -0.2) is 17.9 Å². The smallest absolute Gasteiger partial charge is 0.339 e. The predicted octanol–water partition coefficient (Wildman–Crippen LogP) is 1.73. The lowest BCUT2D eigenvalue weighted by Gasteiger charge is -2.16. The summed E-state index contributed by atoms with van der Waals surface area (Å²) in [5.41, 5.74) is -0.761. The van der Waals surface area contributed by atoms with Crippen LogP contribution in [0.2, 0.25) is 0 Å². The van der Waals surface area contributed by atoms with Crippen LogP contribution in [-0.2, 0) is 9.53 Å². The van der Waals surface area contributed by atoms with E-state index in [4.69, 9.17) is 4.74 Å². The lowest BCUT2D eigenvalue weighted by molar-refractivity contribution is 0.0227. The fourth-order valence-corrected chi connectivity index (χ4v) is 0.886. The molecule has 0 saturated heterocycles. The average molecular weight is 191 g/mol. The van der Waals surface area contributed by atoms with Gasteiger partial charge in [-0.05, 0) is 26.0 Å². The molecular formula is C11H11O3. The van der Waals surface area contributed by atoms with Crippen LogP contribution in [0.4, 0.5) is 0 Å². The van der Waals surface area contributed by atoms with Crippen molar-refractivity contribution in [3.8, 4) is 0 Å². The quantitative estimate of drug-likeness (QED) is 0.683. The van der Waals surface area contributed by atoms with E-state index in [2.05, 4.69) is 0 Å². The van der Waals surface area contributed by atoms with Gasteiger partial charge in [-0.2, -0.15) is 0 Å². The van der Waals surface area contributed by atoms with Crippen molar-refractivity contribution in [2.45, 2.75) is 19.4 Å². The van der Waals surface area contributed by atoms with Gasteiger partial charge in [-0.25, -0.2) is 4.79 Å². The Balaban J connectivity index is 2.74. The second kappa shape index (κ2) is 4.05. The fourth-order valence-electron chi connectivity index (χ4n) is 0.886. The Kier molecular flexibility index (Phi) is 3.02. The Hall–Kier alpha value is -1.64. The van der Waals surface area contributed by atoms with E-state index >= 15 is 0 Å². The predicted molar refractivity (Wildman–Crippen MR) is 51.6 cm³/mol. The second-order valence-corrected chi connectivity index (χ2v) is 3.37. The van der Waals surface area contributed by atoms with Crippen LogP contribution in [0.5, 0.6) is 0 Å². The minimum atomic E-state index is -1.19. The molecule has 3 heteroatoms. The lowest BCUT2D eigenvalue weighted by Crippen LogP contribution is -2.29. The average Bonchev–Trinajstić information content (AvgIpc) is 2.19. The molecule has 0 unspecified atom stereocenters. The molecule has 0 N–H and O–H groups in total. The van der Waals surface area contributed by atoms with Crippen molar-refractivity contribution in [1.29, 1.82) is 0 Å². The maximum Gasteiger partial charge on any atom is 0.339 e. The van der Waals surface area contributed by atoms with Gasteiger partial charge in [-0.1, -0.05) is 18.2 Å². The van der Waals surface area contributed by atoms with Crippen molar-refractivity contribution in [2.24, 2.45) is 0 Å². The Morgan fingerprint density at radius 3 is 2.36 bits per heavy atom. The number of ether oxygens (including phenoxy) is 1. The third kappa shape index (κ3) is 2.69. The first-order valence-electron chi connectivity index (χ1n) is 4.23. The van der Waals surface area contributed by atoms with E-state index in [0.717, 1.165) is 0 Å². The summed E-state index contributed by atoms with van der Waals surface area (Å²) in [5.74, 6) is -0.515. The Labute approximate surface area is 82.7 Å². The van der Waals surface area contributed by atoms with Gasteiger partial charge in [0.2, 0.25) is 6.29 Å². The second-order valence-electron chi connectivity index (χ2n) is 3.37. The van der Waals surface area contributed by atoms with E-state index < -0.39 is 11.6 Å². The minimum Gasteiger partial charge on any atom is -0.448 e. The molecule has 0 aliphatic rings. The van der Waals surface area contributed by atoms with Crippen molar-refractivity contribution < 1.29 is 14.3 Å². The summed E-state index contributed by atoms with van der Waals surface area (Å²) in [6.07, 6.45) is 1.65. The summed E-state index contributed by atoms with van der Waals surface area (Å²) >= 11 is 0. The van der Waals surface area contributed by atoms with E-state index in [0.29, 0.717) is 5.56 Å². The molecular weight excluding hydrogens is 180 g/mol. The zero-order valence-corrected chi connectivity index (χ0v) is 8.11. The number of hydrogen-bond donors (Lipinski definition) is 0. The van der Waals surface area contributed by atoms with Gasteiger partial charge in [0.15, 0.2) is 5.60 Å². The van der Waals surface area contributed by atoms with Crippen LogP contribution >= 0.6 is 0 Å². The lowest BCUT2D eigenvalue weighted by atomic mass is 10.1. The van der Waals surface area contributed by atoms with Crippen molar-refractivity contribution in [2.75, 3.05) is 0 Å². The van der Waals surface area contributed by atoms with Gasteiger partial charge in [0, 0.05) is 0 Å². The maximum atomic E-state index is 11.4. The molecule has 0 bridgehead atoms. The van der Waals surface area contributed by atoms with Gasteiger partial charge in [-0.15, -0.1) is 0 Å². The van der Waals surface area contributed by atoms with Crippen LogP contribution in [0.15, 0.2) is 30.3 Å². The first kappa shape index (κ1) is 10.4. The number of rotatable bonds is 3. The summed E-state index contributed by atoms with van der Waals surface area (Å²) in [4.78, 5) is 21.8. The van der Waals surface area contributed by atoms with Gasteiger partial charge >= 0.3 is 5.97 Å². The molecule has 1 aromatic rings. The van der Waals surface area contributed by atoms with Crippen LogP contribution in [0.3, 0.4) is 0 Å². The van der Waals surface area contributed by atoms with E-state index in [1.54, 1.807) is 36.6 Å². The van der Waals surface area contributed by atoms with Crippen LogP contribution in [0.25, 0.3) is 0 Å². The molecule has 0 aliphatic heterocycles. The molecule has 0 atom stereocenters. The highest BCUT2D eigenvalue weighted by Gasteiger charge is 2.23. The van der Waals surface area contributed by atoms with Crippen molar-refractivity contribution >= 4 is 12.3 Å². The fraction of sp³-hybridized carbons (Fsp3) is 0.273. The molecule has 0 fully saturated rings. The number of esters is 1. The summed E-state index contributed by atoms with van der Waals surface area (Å²) in [7, 11) is 0. The van der Waals surface area contributed by atoms with Crippen molar-refractivity contribution in [3.63, 3.8) is 0 Å². The number of benzene rings is 1. The molecule has 0 aromatic heterocycles. The highest BCUT2D eigenvalue weighted by Crippen LogP contribution is 2.10.